The lowest BCUT2D eigenvalue weighted by Crippen LogP contribution is -2.54. The lowest BCUT2D eigenvalue weighted by atomic mass is 10.1. The summed E-state index contributed by atoms with van der Waals surface area (Å²) in [6.07, 6.45) is 0.807. The fourth-order valence-electron chi connectivity index (χ4n) is 2.18. The van der Waals surface area contributed by atoms with E-state index < -0.39 is 15.8 Å². The van der Waals surface area contributed by atoms with E-state index in [0.717, 1.165) is 13.0 Å². The van der Waals surface area contributed by atoms with E-state index in [0.29, 0.717) is 32.3 Å². The molecule has 0 aromatic rings. The second-order valence-corrected chi connectivity index (χ2v) is 8.27. The van der Waals surface area contributed by atoms with Crippen LogP contribution < -0.4 is 5.32 Å². The lowest BCUT2D eigenvalue weighted by Gasteiger charge is -2.38. The van der Waals surface area contributed by atoms with Gasteiger partial charge in [-0.15, -0.1) is 0 Å². The Morgan fingerprint density at radius 3 is 2.60 bits per heavy atom. The van der Waals surface area contributed by atoms with E-state index >= 15 is 0 Å². The molecule has 0 aromatic carbocycles. The Morgan fingerprint density at radius 1 is 1.40 bits per heavy atom. The quantitative estimate of drug-likeness (QED) is 0.702. The first kappa shape index (κ1) is 17.8. The molecular weight excluding hydrogens is 278 g/mol. The summed E-state index contributed by atoms with van der Waals surface area (Å²) in [4.78, 5) is 0. The lowest BCUT2D eigenvalue weighted by molar-refractivity contribution is -0.0651. The Kier molecular flexibility index (Phi) is 6.40. The van der Waals surface area contributed by atoms with Crippen molar-refractivity contribution in [1.29, 1.82) is 0 Å². The molecule has 1 N–H and O–H groups in total. The summed E-state index contributed by atoms with van der Waals surface area (Å²) in [5.41, 5.74) is -0.411. The van der Waals surface area contributed by atoms with Crippen LogP contribution in [0, 0.1) is 0 Å². The van der Waals surface area contributed by atoms with Crippen molar-refractivity contribution in [2.75, 3.05) is 39.8 Å². The molecule has 120 valence electrons. The zero-order valence-corrected chi connectivity index (χ0v) is 14.2. The standard InChI is InChI=1S/C13H29N3O3S/c1-12(2)14-7-6-8-15(5)20(17,18)16-9-10-19-13(3,4)11-16/h12,14H,6-11H2,1-5H3. The van der Waals surface area contributed by atoms with Crippen molar-refractivity contribution in [3.63, 3.8) is 0 Å². The van der Waals surface area contributed by atoms with Crippen LogP contribution >= 0.6 is 0 Å². The normalized spacial score (nSPS) is 20.8. The van der Waals surface area contributed by atoms with Crippen LogP contribution in [0.2, 0.25) is 0 Å². The van der Waals surface area contributed by atoms with Crippen molar-refractivity contribution in [2.24, 2.45) is 0 Å². The monoisotopic (exact) mass is 307 g/mol. The van der Waals surface area contributed by atoms with Crippen LogP contribution in [0.4, 0.5) is 0 Å². The van der Waals surface area contributed by atoms with Gasteiger partial charge in [0.2, 0.25) is 0 Å². The Hall–Kier alpha value is -0.210. The Bertz CT molecular complexity index is 396. The zero-order chi connectivity index (χ0) is 15.4. The fraction of sp³-hybridized carbons (Fsp3) is 1.00. The van der Waals surface area contributed by atoms with Crippen molar-refractivity contribution in [3.8, 4) is 0 Å². The first-order valence-electron chi connectivity index (χ1n) is 7.24. The summed E-state index contributed by atoms with van der Waals surface area (Å²) in [7, 11) is -1.73. The summed E-state index contributed by atoms with van der Waals surface area (Å²) in [5.74, 6) is 0. The summed E-state index contributed by atoms with van der Waals surface area (Å²) < 4.78 is 33.5. The molecule has 0 bridgehead atoms. The van der Waals surface area contributed by atoms with Gasteiger partial charge < -0.3 is 10.1 Å². The Morgan fingerprint density at radius 2 is 2.05 bits per heavy atom. The van der Waals surface area contributed by atoms with E-state index in [2.05, 4.69) is 19.2 Å². The second-order valence-electron chi connectivity index (χ2n) is 6.23. The predicted molar refractivity (Wildman–Crippen MR) is 80.9 cm³/mol. The van der Waals surface area contributed by atoms with Gasteiger partial charge in [0.15, 0.2) is 0 Å². The summed E-state index contributed by atoms with van der Waals surface area (Å²) >= 11 is 0. The summed E-state index contributed by atoms with van der Waals surface area (Å²) in [6.45, 7) is 10.6. The molecule has 1 heterocycles. The minimum absolute atomic E-state index is 0.407. The molecule has 20 heavy (non-hydrogen) atoms. The van der Waals surface area contributed by atoms with Crippen LogP contribution in [0.3, 0.4) is 0 Å². The van der Waals surface area contributed by atoms with Gasteiger partial charge in [-0.1, -0.05) is 13.8 Å². The maximum Gasteiger partial charge on any atom is 0.281 e. The number of ether oxygens (including phenoxy) is 1. The highest BCUT2D eigenvalue weighted by Crippen LogP contribution is 2.20. The van der Waals surface area contributed by atoms with Crippen LogP contribution in [-0.2, 0) is 14.9 Å². The molecular formula is C13H29N3O3S. The number of nitrogens with one attached hydrogen (secondary N) is 1. The highest BCUT2D eigenvalue weighted by atomic mass is 32.2. The van der Waals surface area contributed by atoms with E-state index in [1.807, 2.05) is 13.8 Å². The molecule has 0 unspecified atom stereocenters. The number of hydrogen-bond donors (Lipinski definition) is 1. The van der Waals surface area contributed by atoms with Crippen molar-refractivity contribution in [3.05, 3.63) is 0 Å². The molecule has 1 fully saturated rings. The van der Waals surface area contributed by atoms with E-state index in [-0.39, 0.29) is 0 Å². The molecule has 1 rings (SSSR count). The third-order valence-corrected chi connectivity index (χ3v) is 5.25. The molecule has 1 saturated heterocycles. The van der Waals surface area contributed by atoms with Gasteiger partial charge in [0.05, 0.1) is 12.2 Å². The van der Waals surface area contributed by atoms with Crippen LogP contribution in [0.5, 0.6) is 0 Å². The van der Waals surface area contributed by atoms with E-state index in [4.69, 9.17) is 4.74 Å². The van der Waals surface area contributed by atoms with Crippen molar-refractivity contribution < 1.29 is 13.2 Å². The van der Waals surface area contributed by atoms with Gasteiger partial charge >= 0.3 is 0 Å². The molecule has 1 aliphatic rings. The largest absolute Gasteiger partial charge is 0.373 e. The molecule has 0 aromatic heterocycles. The van der Waals surface area contributed by atoms with Crippen molar-refractivity contribution >= 4 is 10.2 Å². The highest BCUT2D eigenvalue weighted by Gasteiger charge is 2.35. The molecule has 1 aliphatic heterocycles. The molecule has 6 nitrogen and oxygen atoms in total. The van der Waals surface area contributed by atoms with Crippen molar-refractivity contribution in [1.82, 2.24) is 13.9 Å². The first-order chi connectivity index (χ1) is 9.15. The van der Waals surface area contributed by atoms with Gasteiger partial charge in [-0.25, -0.2) is 0 Å². The Labute approximate surface area is 123 Å². The van der Waals surface area contributed by atoms with Crippen LogP contribution in [0.15, 0.2) is 0 Å². The average Bonchev–Trinajstić information content (AvgIpc) is 2.32. The molecule has 0 radical (unpaired) electrons. The minimum Gasteiger partial charge on any atom is -0.373 e. The third kappa shape index (κ3) is 5.29. The molecule has 0 atom stereocenters. The van der Waals surface area contributed by atoms with Crippen LogP contribution in [0.1, 0.15) is 34.1 Å². The second kappa shape index (κ2) is 7.17. The SMILES string of the molecule is CC(C)NCCCN(C)S(=O)(=O)N1CCOC(C)(C)C1. The van der Waals surface area contributed by atoms with E-state index in [1.54, 1.807) is 7.05 Å². The smallest absolute Gasteiger partial charge is 0.281 e. The molecule has 0 saturated carbocycles. The van der Waals surface area contributed by atoms with Gasteiger partial charge in [-0.05, 0) is 26.8 Å². The van der Waals surface area contributed by atoms with Crippen molar-refractivity contribution in [2.45, 2.75) is 45.8 Å². The maximum absolute atomic E-state index is 12.5. The zero-order valence-electron chi connectivity index (χ0n) is 13.3. The van der Waals surface area contributed by atoms with Gasteiger partial charge in [-0.3, -0.25) is 0 Å². The highest BCUT2D eigenvalue weighted by molar-refractivity contribution is 7.86. The topological polar surface area (TPSA) is 61.9 Å². The van der Waals surface area contributed by atoms with Gasteiger partial charge in [0.25, 0.3) is 10.2 Å². The molecule has 0 spiro atoms. The molecule has 0 aliphatic carbocycles. The van der Waals surface area contributed by atoms with Gasteiger partial charge in [-0.2, -0.15) is 17.0 Å². The predicted octanol–water partition coefficient (Wildman–Crippen LogP) is 0.662. The maximum atomic E-state index is 12.5. The molecule has 0 amide bonds. The van der Waals surface area contributed by atoms with Crippen LogP contribution in [0.25, 0.3) is 0 Å². The third-order valence-electron chi connectivity index (χ3n) is 3.31. The van der Waals surface area contributed by atoms with Crippen LogP contribution in [-0.4, -0.2) is 68.5 Å². The molecule has 7 heteroatoms. The number of morpholine rings is 1. The van der Waals surface area contributed by atoms with Gasteiger partial charge in [0, 0.05) is 32.7 Å². The summed E-state index contributed by atoms with van der Waals surface area (Å²) in [5, 5.41) is 3.29. The average molecular weight is 307 g/mol. The number of hydrogen-bond acceptors (Lipinski definition) is 4. The fourth-order valence-corrected chi connectivity index (χ4v) is 3.71. The van der Waals surface area contributed by atoms with E-state index in [1.165, 1.54) is 8.61 Å². The summed E-state index contributed by atoms with van der Waals surface area (Å²) in [6, 6.07) is 0.428. The number of nitrogens with zero attached hydrogens (tertiary/aromatic N) is 2. The van der Waals surface area contributed by atoms with E-state index in [9.17, 15) is 8.42 Å². The first-order valence-corrected chi connectivity index (χ1v) is 8.63. The van der Waals surface area contributed by atoms with Gasteiger partial charge in [0.1, 0.15) is 0 Å². The Balaban J connectivity index is 2.50. The minimum atomic E-state index is -3.37. The number of rotatable bonds is 7.